The van der Waals surface area contributed by atoms with Crippen LogP contribution in [0.2, 0.25) is 0 Å². The maximum atomic E-state index is 11.6. The molecule has 23 heavy (non-hydrogen) atoms. The second-order valence-electron chi connectivity index (χ2n) is 5.09. The summed E-state index contributed by atoms with van der Waals surface area (Å²) in [6.07, 6.45) is 2.21. The van der Waals surface area contributed by atoms with Gasteiger partial charge in [-0.3, -0.25) is 25.4 Å². The number of hydrogen-bond donors (Lipinski definition) is 3. The summed E-state index contributed by atoms with van der Waals surface area (Å²) in [4.78, 5) is 38.1. The molecule has 0 aliphatic carbocycles. The first-order valence-corrected chi connectivity index (χ1v) is 7.24. The third-order valence-electron chi connectivity index (χ3n) is 2.05. The topological polar surface area (TPSA) is 109 Å². The lowest BCUT2D eigenvalue weighted by Gasteiger charge is -2.19. The normalized spacial score (nSPS) is 9.78. The Bertz CT molecular complexity index is 512. The molecular formula is C15H24N4O4. The molecular weight excluding hydrogens is 300 g/mol. The summed E-state index contributed by atoms with van der Waals surface area (Å²) in [6.45, 7) is 8.82. The summed E-state index contributed by atoms with van der Waals surface area (Å²) in [6, 6.07) is 3.00. The van der Waals surface area contributed by atoms with Gasteiger partial charge in [0.1, 0.15) is 12.1 Å². The number of carbonyl (C=O) groups excluding carboxylic acids is 3. The van der Waals surface area contributed by atoms with Crippen molar-refractivity contribution in [2.24, 2.45) is 0 Å². The van der Waals surface area contributed by atoms with Gasteiger partial charge in [0.15, 0.2) is 0 Å². The highest BCUT2D eigenvalue weighted by Crippen LogP contribution is 2.05. The minimum atomic E-state index is -0.710. The first-order chi connectivity index (χ1) is 10.8. The third-order valence-corrected chi connectivity index (χ3v) is 2.05. The lowest BCUT2D eigenvalue weighted by atomic mass is 10.2. The summed E-state index contributed by atoms with van der Waals surface area (Å²) in [5.74, 6) is -1.06. The van der Waals surface area contributed by atoms with Crippen LogP contribution < -0.4 is 16.2 Å². The molecule has 0 aromatic carbocycles. The Morgan fingerprint density at radius 2 is 1.65 bits per heavy atom. The fourth-order valence-electron chi connectivity index (χ4n) is 1.21. The van der Waals surface area contributed by atoms with Crippen molar-refractivity contribution < 1.29 is 19.1 Å². The summed E-state index contributed by atoms with van der Waals surface area (Å²) in [5.41, 5.74) is 4.09. The molecule has 0 radical (unpaired) electrons. The maximum absolute atomic E-state index is 11.6. The zero-order valence-corrected chi connectivity index (χ0v) is 14.1. The molecule has 0 bridgehead atoms. The number of hydrazine groups is 1. The zero-order chi connectivity index (χ0) is 17.9. The van der Waals surface area contributed by atoms with E-state index in [0.29, 0.717) is 5.56 Å². The lowest BCUT2D eigenvalue weighted by molar-refractivity contribution is -0.121. The Morgan fingerprint density at radius 1 is 1.09 bits per heavy atom. The smallest absolute Gasteiger partial charge is 0.408 e. The van der Waals surface area contributed by atoms with Gasteiger partial charge in [-0.25, -0.2) is 4.79 Å². The fourth-order valence-corrected chi connectivity index (χ4v) is 1.21. The highest BCUT2D eigenvalue weighted by atomic mass is 16.6. The molecule has 0 unspecified atom stereocenters. The number of hydrogen-bond acceptors (Lipinski definition) is 5. The number of aromatic nitrogens is 1. The highest BCUT2D eigenvalue weighted by molar-refractivity contribution is 5.95. The number of nitrogens with one attached hydrogen (secondary N) is 3. The molecule has 1 heterocycles. The van der Waals surface area contributed by atoms with Crippen molar-refractivity contribution in [3.05, 3.63) is 30.1 Å². The number of rotatable bonds is 3. The monoisotopic (exact) mass is 324 g/mol. The molecule has 0 fully saturated rings. The average molecular weight is 324 g/mol. The predicted octanol–water partition coefficient (Wildman–Crippen LogP) is 1.39. The highest BCUT2D eigenvalue weighted by Gasteiger charge is 2.16. The second-order valence-corrected chi connectivity index (χ2v) is 5.09. The maximum Gasteiger partial charge on any atom is 0.408 e. The molecule has 8 heteroatoms. The van der Waals surface area contributed by atoms with Crippen LogP contribution in [0.15, 0.2) is 24.5 Å². The van der Waals surface area contributed by atoms with E-state index in [0.717, 1.165) is 0 Å². The van der Waals surface area contributed by atoms with Crippen molar-refractivity contribution >= 4 is 17.9 Å². The summed E-state index contributed by atoms with van der Waals surface area (Å²) >= 11 is 0. The van der Waals surface area contributed by atoms with Crippen LogP contribution in [0.3, 0.4) is 0 Å². The van der Waals surface area contributed by atoms with Gasteiger partial charge < -0.3 is 10.1 Å². The molecule has 0 aliphatic rings. The number of ether oxygens (including phenoxy) is 1. The number of nitrogens with zero attached hydrogens (tertiary/aromatic N) is 1. The summed E-state index contributed by atoms with van der Waals surface area (Å²) < 4.78 is 4.96. The largest absolute Gasteiger partial charge is 0.444 e. The summed E-state index contributed by atoms with van der Waals surface area (Å²) in [7, 11) is 0. The molecule has 0 saturated carbocycles. The second kappa shape index (κ2) is 10.1. The van der Waals surface area contributed by atoms with Crippen LogP contribution in [-0.2, 0) is 9.53 Å². The molecule has 8 nitrogen and oxygen atoms in total. The minimum absolute atomic E-state index is 0.314. The Balaban J connectivity index is 0.00000232. The van der Waals surface area contributed by atoms with Crippen molar-refractivity contribution in [3.63, 3.8) is 0 Å². The SMILES string of the molecule is CC.CC(C)(C)OC(=O)NCC(=O)NNC(=O)c1ccncc1. The van der Waals surface area contributed by atoms with E-state index >= 15 is 0 Å². The predicted molar refractivity (Wildman–Crippen MR) is 85.4 cm³/mol. The number of carbonyl (C=O) groups is 3. The van der Waals surface area contributed by atoms with Crippen LogP contribution in [0.4, 0.5) is 4.79 Å². The van der Waals surface area contributed by atoms with Crippen molar-refractivity contribution in [2.45, 2.75) is 40.2 Å². The molecule has 1 aromatic rings. The zero-order valence-electron chi connectivity index (χ0n) is 14.1. The van der Waals surface area contributed by atoms with E-state index in [1.165, 1.54) is 24.5 Å². The average Bonchev–Trinajstić information content (AvgIpc) is 2.51. The van der Waals surface area contributed by atoms with Crippen LogP contribution in [-0.4, -0.2) is 35.0 Å². The molecule has 1 rings (SSSR count). The van der Waals surface area contributed by atoms with Crippen LogP contribution >= 0.6 is 0 Å². The van der Waals surface area contributed by atoms with E-state index in [2.05, 4.69) is 21.2 Å². The van der Waals surface area contributed by atoms with Crippen LogP contribution in [0, 0.1) is 0 Å². The molecule has 3 amide bonds. The van der Waals surface area contributed by atoms with Gasteiger partial charge in [0.25, 0.3) is 11.8 Å². The van der Waals surface area contributed by atoms with Crippen molar-refractivity contribution in [1.82, 2.24) is 21.2 Å². The van der Waals surface area contributed by atoms with Crippen molar-refractivity contribution in [1.29, 1.82) is 0 Å². The fraction of sp³-hybridized carbons (Fsp3) is 0.467. The number of amides is 3. The molecule has 0 aliphatic heterocycles. The van der Waals surface area contributed by atoms with Crippen molar-refractivity contribution in [3.8, 4) is 0 Å². The van der Waals surface area contributed by atoms with Gasteiger partial charge in [-0.1, -0.05) is 13.8 Å². The van der Waals surface area contributed by atoms with Crippen LogP contribution in [0.5, 0.6) is 0 Å². The quantitative estimate of drug-likeness (QED) is 0.728. The van der Waals surface area contributed by atoms with E-state index in [1.807, 2.05) is 13.8 Å². The van der Waals surface area contributed by atoms with Gasteiger partial charge >= 0.3 is 6.09 Å². The van der Waals surface area contributed by atoms with Gasteiger partial charge in [0, 0.05) is 18.0 Å². The molecule has 1 aromatic heterocycles. The van der Waals surface area contributed by atoms with Crippen molar-refractivity contribution in [2.75, 3.05) is 6.54 Å². The Hall–Kier alpha value is -2.64. The molecule has 0 saturated heterocycles. The van der Waals surface area contributed by atoms with Gasteiger partial charge in [0.05, 0.1) is 0 Å². The minimum Gasteiger partial charge on any atom is -0.444 e. The Kier molecular flexibility index (Phi) is 8.98. The van der Waals surface area contributed by atoms with Gasteiger partial charge in [-0.15, -0.1) is 0 Å². The number of alkyl carbamates (subject to hydrolysis) is 1. The summed E-state index contributed by atoms with van der Waals surface area (Å²) in [5, 5.41) is 2.27. The van der Waals surface area contributed by atoms with Crippen LogP contribution in [0.25, 0.3) is 0 Å². The molecule has 0 atom stereocenters. The Morgan fingerprint density at radius 3 is 2.17 bits per heavy atom. The molecule has 3 N–H and O–H groups in total. The van der Waals surface area contributed by atoms with Gasteiger partial charge in [-0.2, -0.15) is 0 Å². The van der Waals surface area contributed by atoms with E-state index in [1.54, 1.807) is 20.8 Å². The van der Waals surface area contributed by atoms with Crippen LogP contribution in [0.1, 0.15) is 45.0 Å². The number of pyridine rings is 1. The standard InChI is InChI=1S/C13H18N4O4.C2H6/c1-13(2,3)21-12(20)15-8-10(18)16-17-11(19)9-4-6-14-7-5-9;1-2/h4-7H,8H2,1-3H3,(H,15,20)(H,16,18)(H,17,19);1-2H3. The van der Waals surface area contributed by atoms with E-state index in [9.17, 15) is 14.4 Å². The Labute approximate surface area is 136 Å². The lowest BCUT2D eigenvalue weighted by Crippen LogP contribution is -2.47. The van der Waals surface area contributed by atoms with E-state index in [-0.39, 0.29) is 6.54 Å². The van der Waals surface area contributed by atoms with Gasteiger partial charge in [0.2, 0.25) is 0 Å². The first kappa shape index (κ1) is 20.4. The molecule has 128 valence electrons. The molecule has 0 spiro atoms. The van der Waals surface area contributed by atoms with E-state index < -0.39 is 23.5 Å². The first-order valence-electron chi connectivity index (χ1n) is 7.24. The van der Waals surface area contributed by atoms with Gasteiger partial charge in [-0.05, 0) is 32.9 Å². The third kappa shape index (κ3) is 9.83. The van der Waals surface area contributed by atoms with E-state index in [4.69, 9.17) is 4.74 Å².